The Morgan fingerprint density at radius 3 is 2.62 bits per heavy atom. The standard InChI is InChI=1S/C15H20N4OS/c1-4-9-10(5-2)17-18-14-11(9)12(16)13(21-14)15(20)19(3)8-6-7-8/h8H,4-7,16H2,1-3H3. The van der Waals surface area contributed by atoms with Gasteiger partial charge in [-0.25, -0.2) is 0 Å². The lowest BCUT2D eigenvalue weighted by molar-refractivity contribution is 0.0791. The lowest BCUT2D eigenvalue weighted by Gasteiger charge is -2.15. The van der Waals surface area contributed by atoms with E-state index in [9.17, 15) is 4.79 Å². The minimum atomic E-state index is 0.0121. The molecule has 0 atom stereocenters. The van der Waals surface area contributed by atoms with Crippen LogP contribution in [0.5, 0.6) is 0 Å². The zero-order chi connectivity index (χ0) is 15.1. The molecule has 21 heavy (non-hydrogen) atoms. The van der Waals surface area contributed by atoms with Crippen molar-refractivity contribution in [3.05, 3.63) is 16.1 Å². The second-order valence-corrected chi connectivity index (χ2v) is 6.50. The predicted octanol–water partition coefficient (Wildman–Crippen LogP) is 2.63. The van der Waals surface area contributed by atoms with Gasteiger partial charge in [0, 0.05) is 18.5 Å². The van der Waals surface area contributed by atoms with Crippen molar-refractivity contribution < 1.29 is 4.79 Å². The summed E-state index contributed by atoms with van der Waals surface area (Å²) in [7, 11) is 1.85. The number of hydrogen-bond acceptors (Lipinski definition) is 5. The molecule has 3 rings (SSSR count). The van der Waals surface area contributed by atoms with E-state index in [0.717, 1.165) is 47.2 Å². The van der Waals surface area contributed by atoms with Gasteiger partial charge in [0.1, 0.15) is 9.71 Å². The molecule has 2 aromatic rings. The Labute approximate surface area is 128 Å². The number of thiophene rings is 1. The Morgan fingerprint density at radius 2 is 2.05 bits per heavy atom. The minimum absolute atomic E-state index is 0.0121. The first-order chi connectivity index (χ1) is 10.1. The van der Waals surface area contributed by atoms with Crippen molar-refractivity contribution in [3.8, 4) is 0 Å². The number of amides is 1. The summed E-state index contributed by atoms with van der Waals surface area (Å²) < 4.78 is 0. The average Bonchev–Trinajstić information content (AvgIpc) is 3.29. The molecule has 0 unspecified atom stereocenters. The number of nitrogen functional groups attached to an aromatic ring is 1. The second-order valence-electron chi connectivity index (χ2n) is 5.50. The van der Waals surface area contributed by atoms with Crippen LogP contribution in [-0.4, -0.2) is 34.1 Å². The largest absolute Gasteiger partial charge is 0.397 e. The Balaban J connectivity index is 2.13. The van der Waals surface area contributed by atoms with Crippen molar-refractivity contribution >= 4 is 33.1 Å². The molecular weight excluding hydrogens is 284 g/mol. The summed E-state index contributed by atoms with van der Waals surface area (Å²) in [5.74, 6) is 0.0121. The Kier molecular flexibility index (Phi) is 3.57. The number of fused-ring (bicyclic) bond motifs is 1. The highest BCUT2D eigenvalue weighted by Crippen LogP contribution is 2.37. The Bertz CT molecular complexity index is 705. The van der Waals surface area contributed by atoms with E-state index in [2.05, 4.69) is 24.0 Å². The van der Waals surface area contributed by atoms with E-state index < -0.39 is 0 Å². The zero-order valence-corrected chi connectivity index (χ0v) is 13.5. The van der Waals surface area contributed by atoms with Gasteiger partial charge in [0.05, 0.1) is 11.4 Å². The molecule has 0 saturated heterocycles. The number of carbonyl (C=O) groups excluding carboxylic acids is 1. The number of hydrogen-bond donors (Lipinski definition) is 1. The molecule has 0 spiro atoms. The van der Waals surface area contributed by atoms with Crippen molar-refractivity contribution in [2.45, 2.75) is 45.6 Å². The summed E-state index contributed by atoms with van der Waals surface area (Å²) in [5, 5.41) is 9.48. The van der Waals surface area contributed by atoms with Gasteiger partial charge in [0.2, 0.25) is 0 Å². The predicted molar refractivity (Wildman–Crippen MR) is 85.7 cm³/mol. The molecule has 112 valence electrons. The Hall–Kier alpha value is -1.69. The number of rotatable bonds is 4. The fraction of sp³-hybridized carbons (Fsp3) is 0.533. The van der Waals surface area contributed by atoms with Gasteiger partial charge < -0.3 is 10.6 Å². The summed E-state index contributed by atoms with van der Waals surface area (Å²) in [6.45, 7) is 4.15. The first-order valence-electron chi connectivity index (χ1n) is 7.42. The molecule has 0 bridgehead atoms. The van der Waals surface area contributed by atoms with Gasteiger partial charge in [-0.15, -0.1) is 16.4 Å². The van der Waals surface area contributed by atoms with Crippen LogP contribution in [0.4, 0.5) is 5.69 Å². The SMILES string of the molecule is CCc1nnc2sc(C(=O)N(C)C3CC3)c(N)c2c1CC. The molecule has 1 aliphatic rings. The molecule has 1 aliphatic carbocycles. The highest BCUT2D eigenvalue weighted by molar-refractivity contribution is 7.21. The first-order valence-corrected chi connectivity index (χ1v) is 8.23. The van der Waals surface area contributed by atoms with Crippen LogP contribution < -0.4 is 5.73 Å². The lowest BCUT2D eigenvalue weighted by atomic mass is 10.1. The topological polar surface area (TPSA) is 72.1 Å². The number of carbonyl (C=O) groups is 1. The fourth-order valence-electron chi connectivity index (χ4n) is 2.72. The van der Waals surface area contributed by atoms with Gasteiger partial charge in [-0.2, -0.15) is 5.10 Å². The molecule has 1 fully saturated rings. The smallest absolute Gasteiger partial charge is 0.266 e. The van der Waals surface area contributed by atoms with Gasteiger partial charge in [-0.3, -0.25) is 4.79 Å². The molecule has 0 aromatic carbocycles. The quantitative estimate of drug-likeness (QED) is 0.942. The van der Waals surface area contributed by atoms with E-state index in [-0.39, 0.29) is 5.91 Å². The summed E-state index contributed by atoms with van der Waals surface area (Å²) >= 11 is 1.36. The van der Waals surface area contributed by atoms with Crippen LogP contribution >= 0.6 is 11.3 Å². The number of aryl methyl sites for hydroxylation is 2. The third-order valence-corrected chi connectivity index (χ3v) is 5.21. The zero-order valence-electron chi connectivity index (χ0n) is 12.6. The van der Waals surface area contributed by atoms with Crippen LogP contribution in [0.15, 0.2) is 0 Å². The Morgan fingerprint density at radius 1 is 1.33 bits per heavy atom. The monoisotopic (exact) mass is 304 g/mol. The molecule has 2 aromatic heterocycles. The van der Waals surface area contributed by atoms with Crippen LogP contribution in [0.2, 0.25) is 0 Å². The maximum atomic E-state index is 12.6. The van der Waals surface area contributed by atoms with Gasteiger partial charge >= 0.3 is 0 Å². The van der Waals surface area contributed by atoms with Crippen LogP contribution in [0.3, 0.4) is 0 Å². The maximum absolute atomic E-state index is 12.6. The number of nitrogens with zero attached hydrogens (tertiary/aromatic N) is 3. The molecule has 2 heterocycles. The van der Waals surface area contributed by atoms with Crippen LogP contribution in [0, 0.1) is 0 Å². The summed E-state index contributed by atoms with van der Waals surface area (Å²) in [5.41, 5.74) is 8.98. The highest BCUT2D eigenvalue weighted by atomic mass is 32.1. The third-order valence-electron chi connectivity index (χ3n) is 4.14. The van der Waals surface area contributed by atoms with Crippen molar-refractivity contribution in [2.75, 3.05) is 12.8 Å². The van der Waals surface area contributed by atoms with Gasteiger partial charge in [0.25, 0.3) is 5.91 Å². The van der Waals surface area contributed by atoms with E-state index >= 15 is 0 Å². The summed E-state index contributed by atoms with van der Waals surface area (Å²) in [6.07, 6.45) is 3.86. The molecule has 0 radical (unpaired) electrons. The number of anilines is 1. The van der Waals surface area contributed by atoms with Gasteiger partial charge in [-0.05, 0) is 31.2 Å². The van der Waals surface area contributed by atoms with E-state index in [1.807, 2.05) is 7.05 Å². The summed E-state index contributed by atoms with van der Waals surface area (Å²) in [6, 6.07) is 0.380. The van der Waals surface area contributed by atoms with Crippen molar-refractivity contribution in [1.29, 1.82) is 0 Å². The average molecular weight is 304 g/mol. The molecule has 2 N–H and O–H groups in total. The molecule has 1 saturated carbocycles. The van der Waals surface area contributed by atoms with Crippen LogP contribution in [-0.2, 0) is 12.8 Å². The van der Waals surface area contributed by atoms with Crippen LogP contribution in [0.25, 0.3) is 10.2 Å². The van der Waals surface area contributed by atoms with Crippen molar-refractivity contribution in [2.24, 2.45) is 0 Å². The summed E-state index contributed by atoms with van der Waals surface area (Å²) in [4.78, 5) is 15.8. The van der Waals surface area contributed by atoms with Crippen molar-refractivity contribution in [3.63, 3.8) is 0 Å². The lowest BCUT2D eigenvalue weighted by Crippen LogP contribution is -2.28. The number of aromatic nitrogens is 2. The van der Waals surface area contributed by atoms with Crippen molar-refractivity contribution in [1.82, 2.24) is 15.1 Å². The van der Waals surface area contributed by atoms with Gasteiger partial charge in [0.15, 0.2) is 0 Å². The minimum Gasteiger partial charge on any atom is -0.397 e. The van der Waals surface area contributed by atoms with Gasteiger partial charge in [-0.1, -0.05) is 13.8 Å². The van der Waals surface area contributed by atoms with Crippen LogP contribution in [0.1, 0.15) is 47.6 Å². The molecule has 5 nitrogen and oxygen atoms in total. The van der Waals surface area contributed by atoms with E-state index in [1.54, 1.807) is 4.90 Å². The molecule has 1 amide bonds. The molecule has 0 aliphatic heterocycles. The fourth-order valence-corrected chi connectivity index (χ4v) is 3.77. The normalized spacial score (nSPS) is 14.6. The highest BCUT2D eigenvalue weighted by Gasteiger charge is 2.32. The third kappa shape index (κ3) is 2.27. The molecule has 6 heteroatoms. The van der Waals surface area contributed by atoms with E-state index in [1.165, 1.54) is 11.3 Å². The van der Waals surface area contributed by atoms with E-state index in [4.69, 9.17) is 5.73 Å². The maximum Gasteiger partial charge on any atom is 0.266 e. The first kappa shape index (κ1) is 14.3. The van der Waals surface area contributed by atoms with E-state index in [0.29, 0.717) is 16.6 Å². The second kappa shape index (κ2) is 5.26. The molecular formula is C15H20N4OS. The number of nitrogens with two attached hydrogens (primary N) is 1.